The van der Waals surface area contributed by atoms with Gasteiger partial charge in [-0.25, -0.2) is 4.79 Å². The third-order valence-electron chi connectivity index (χ3n) is 4.00. The van der Waals surface area contributed by atoms with E-state index in [4.69, 9.17) is 4.42 Å². The number of amides is 3. The van der Waals surface area contributed by atoms with Gasteiger partial charge in [0.1, 0.15) is 5.76 Å². The lowest BCUT2D eigenvalue weighted by Gasteiger charge is -2.10. The Morgan fingerprint density at radius 2 is 1.97 bits per heavy atom. The van der Waals surface area contributed by atoms with E-state index in [2.05, 4.69) is 21.0 Å². The van der Waals surface area contributed by atoms with Gasteiger partial charge in [-0.2, -0.15) is 18.3 Å². The van der Waals surface area contributed by atoms with Crippen molar-refractivity contribution in [3.8, 4) is 0 Å². The van der Waals surface area contributed by atoms with Gasteiger partial charge < -0.3 is 20.4 Å². The largest absolute Gasteiger partial charge is 0.467 e. The zero-order valence-corrected chi connectivity index (χ0v) is 15.8. The van der Waals surface area contributed by atoms with Crippen LogP contribution >= 0.6 is 0 Å². The van der Waals surface area contributed by atoms with Gasteiger partial charge in [0.05, 0.1) is 24.1 Å². The quantitative estimate of drug-likeness (QED) is 0.558. The number of carbonyl (C=O) groups is 2. The number of nitrogens with one attached hydrogen (secondary N) is 3. The maximum Gasteiger partial charge on any atom is 0.416 e. The number of aromatic nitrogens is 2. The molecule has 0 unspecified atom stereocenters. The fourth-order valence-electron chi connectivity index (χ4n) is 2.56. The van der Waals surface area contributed by atoms with Crippen LogP contribution in [0.4, 0.5) is 29.3 Å². The number of hydrogen-bond acceptors (Lipinski definition) is 4. The van der Waals surface area contributed by atoms with E-state index in [1.807, 2.05) is 0 Å². The second-order valence-corrected chi connectivity index (χ2v) is 6.17. The second kappa shape index (κ2) is 8.72. The van der Waals surface area contributed by atoms with Crippen molar-refractivity contribution in [2.45, 2.75) is 26.2 Å². The Hall–Kier alpha value is -3.76. The summed E-state index contributed by atoms with van der Waals surface area (Å²) < 4.78 is 45.0. The molecular formula is C19H18F3N5O3. The molecule has 0 saturated carbocycles. The lowest BCUT2D eigenvalue weighted by atomic mass is 10.2. The molecule has 11 heteroatoms. The zero-order valence-electron chi connectivity index (χ0n) is 15.8. The molecule has 3 rings (SSSR count). The highest BCUT2D eigenvalue weighted by Crippen LogP contribution is 2.30. The average Bonchev–Trinajstić information content (AvgIpc) is 3.35. The number of alkyl halides is 3. The lowest BCUT2D eigenvalue weighted by molar-refractivity contribution is -0.137. The van der Waals surface area contributed by atoms with E-state index in [0.717, 1.165) is 12.1 Å². The van der Waals surface area contributed by atoms with Crippen LogP contribution in [0.3, 0.4) is 0 Å². The fourth-order valence-corrected chi connectivity index (χ4v) is 2.56. The number of furan rings is 1. The van der Waals surface area contributed by atoms with Gasteiger partial charge in [-0.05, 0) is 37.3 Å². The molecule has 30 heavy (non-hydrogen) atoms. The molecule has 0 bridgehead atoms. The number of aryl methyl sites for hydroxylation is 1. The van der Waals surface area contributed by atoms with Gasteiger partial charge in [0, 0.05) is 18.4 Å². The van der Waals surface area contributed by atoms with Crippen molar-refractivity contribution >= 4 is 23.3 Å². The first-order valence-electron chi connectivity index (χ1n) is 8.89. The summed E-state index contributed by atoms with van der Waals surface area (Å²) in [6, 6.07) is 6.76. The van der Waals surface area contributed by atoms with Crippen LogP contribution in [0.15, 0.2) is 53.3 Å². The first-order valence-corrected chi connectivity index (χ1v) is 8.89. The van der Waals surface area contributed by atoms with E-state index in [-0.39, 0.29) is 23.6 Å². The van der Waals surface area contributed by atoms with E-state index in [9.17, 15) is 22.8 Å². The van der Waals surface area contributed by atoms with Crippen LogP contribution in [-0.2, 0) is 19.3 Å². The highest BCUT2D eigenvalue weighted by Gasteiger charge is 2.30. The van der Waals surface area contributed by atoms with Crippen LogP contribution < -0.4 is 16.0 Å². The molecule has 0 radical (unpaired) electrons. The molecule has 0 saturated heterocycles. The van der Waals surface area contributed by atoms with Crippen LogP contribution in [0, 0.1) is 0 Å². The standard InChI is InChI=1S/C19H18F3N5O3/c1-2-27-11-15(16(26-27)17(28)23-10-14-7-4-8-30-14)25-18(29)24-13-6-3-5-12(9-13)19(20,21)22/h3-9,11H,2,10H2,1H3,(H,23,28)(H2,24,25,29). The summed E-state index contributed by atoms with van der Waals surface area (Å²) in [5.74, 6) is -0.0111. The van der Waals surface area contributed by atoms with Crippen LogP contribution in [0.5, 0.6) is 0 Å². The number of halogens is 3. The smallest absolute Gasteiger partial charge is 0.416 e. The maximum atomic E-state index is 12.8. The third kappa shape index (κ3) is 5.19. The highest BCUT2D eigenvalue weighted by molar-refractivity contribution is 6.05. The maximum absolute atomic E-state index is 12.8. The summed E-state index contributed by atoms with van der Waals surface area (Å²) in [4.78, 5) is 24.7. The Morgan fingerprint density at radius 3 is 2.63 bits per heavy atom. The van der Waals surface area contributed by atoms with E-state index < -0.39 is 23.7 Å². The van der Waals surface area contributed by atoms with Crippen molar-refractivity contribution in [2.24, 2.45) is 0 Å². The molecule has 8 nitrogen and oxygen atoms in total. The summed E-state index contributed by atoms with van der Waals surface area (Å²) in [6.07, 6.45) is -1.61. The average molecular weight is 421 g/mol. The van der Waals surface area contributed by atoms with Crippen molar-refractivity contribution in [3.05, 3.63) is 65.9 Å². The summed E-state index contributed by atoms with van der Waals surface area (Å²) in [7, 11) is 0. The Morgan fingerprint density at radius 1 is 1.17 bits per heavy atom. The number of benzene rings is 1. The SMILES string of the molecule is CCn1cc(NC(=O)Nc2cccc(C(F)(F)F)c2)c(C(=O)NCc2ccco2)n1. The highest BCUT2D eigenvalue weighted by atomic mass is 19.4. The predicted molar refractivity (Wildman–Crippen MR) is 102 cm³/mol. The summed E-state index contributed by atoms with van der Waals surface area (Å²) in [6.45, 7) is 2.36. The van der Waals surface area contributed by atoms with E-state index in [1.54, 1.807) is 19.1 Å². The number of rotatable bonds is 6. The Balaban J connectivity index is 1.70. The molecule has 0 aliphatic carbocycles. The van der Waals surface area contributed by atoms with E-state index >= 15 is 0 Å². The number of urea groups is 1. The summed E-state index contributed by atoms with van der Waals surface area (Å²) in [5, 5.41) is 11.5. The molecule has 0 aliphatic rings. The van der Waals surface area contributed by atoms with Crippen LogP contribution in [0.1, 0.15) is 28.7 Å². The van der Waals surface area contributed by atoms with Crippen molar-refractivity contribution in [1.29, 1.82) is 0 Å². The fraction of sp³-hybridized carbons (Fsp3) is 0.211. The Kier molecular flexibility index (Phi) is 6.09. The summed E-state index contributed by atoms with van der Waals surface area (Å²) >= 11 is 0. The topological polar surface area (TPSA) is 101 Å². The molecule has 158 valence electrons. The van der Waals surface area contributed by atoms with Crippen LogP contribution in [-0.4, -0.2) is 21.7 Å². The first-order chi connectivity index (χ1) is 14.3. The number of carbonyl (C=O) groups excluding carboxylic acids is 2. The third-order valence-corrected chi connectivity index (χ3v) is 4.00. The zero-order chi connectivity index (χ0) is 21.7. The van der Waals surface area contributed by atoms with Crippen molar-refractivity contribution in [3.63, 3.8) is 0 Å². The minimum absolute atomic E-state index is 0.0393. The molecule has 1 aromatic carbocycles. The van der Waals surface area contributed by atoms with Gasteiger partial charge in [0.15, 0.2) is 5.69 Å². The van der Waals surface area contributed by atoms with Gasteiger partial charge in [-0.3, -0.25) is 9.48 Å². The van der Waals surface area contributed by atoms with Gasteiger partial charge in [0.25, 0.3) is 5.91 Å². The molecule has 3 amide bonds. The van der Waals surface area contributed by atoms with Gasteiger partial charge in [-0.15, -0.1) is 0 Å². The monoisotopic (exact) mass is 421 g/mol. The first kappa shape index (κ1) is 21.0. The van der Waals surface area contributed by atoms with Crippen molar-refractivity contribution in [1.82, 2.24) is 15.1 Å². The molecule has 2 heterocycles. The van der Waals surface area contributed by atoms with Crippen LogP contribution in [0.25, 0.3) is 0 Å². The van der Waals surface area contributed by atoms with E-state index in [1.165, 1.54) is 29.3 Å². The minimum atomic E-state index is -4.53. The summed E-state index contributed by atoms with van der Waals surface area (Å²) in [5.41, 5.74) is -0.869. The second-order valence-electron chi connectivity index (χ2n) is 6.17. The normalized spacial score (nSPS) is 11.2. The molecule has 0 fully saturated rings. The van der Waals surface area contributed by atoms with Crippen molar-refractivity contribution < 1.29 is 27.2 Å². The minimum Gasteiger partial charge on any atom is -0.467 e. The lowest BCUT2D eigenvalue weighted by Crippen LogP contribution is -2.26. The van der Waals surface area contributed by atoms with E-state index in [0.29, 0.717) is 12.3 Å². The van der Waals surface area contributed by atoms with Crippen molar-refractivity contribution in [2.75, 3.05) is 10.6 Å². The Labute approximate surface area is 169 Å². The molecule has 0 atom stereocenters. The number of nitrogens with zero attached hydrogens (tertiary/aromatic N) is 2. The Bertz CT molecular complexity index is 1030. The van der Waals surface area contributed by atoms with Gasteiger partial charge >= 0.3 is 12.2 Å². The number of anilines is 2. The molecule has 0 aliphatic heterocycles. The molecule has 3 N–H and O–H groups in total. The molecular weight excluding hydrogens is 403 g/mol. The molecule has 2 aromatic heterocycles. The molecule has 3 aromatic rings. The molecule has 0 spiro atoms. The number of hydrogen-bond donors (Lipinski definition) is 3. The predicted octanol–water partition coefficient (Wildman–Crippen LogP) is 4.09. The van der Waals surface area contributed by atoms with Gasteiger partial charge in [0.2, 0.25) is 0 Å². The van der Waals surface area contributed by atoms with Crippen LogP contribution in [0.2, 0.25) is 0 Å². The van der Waals surface area contributed by atoms with Gasteiger partial charge in [-0.1, -0.05) is 6.07 Å².